The molecule has 1 aromatic heterocycles. The fraction of sp³-hybridized carbons (Fsp3) is 0.625. The predicted molar refractivity (Wildman–Crippen MR) is 133 cm³/mol. The Morgan fingerprint density at radius 3 is 2.83 bits per heavy atom. The van der Waals surface area contributed by atoms with Gasteiger partial charge < -0.3 is 25.4 Å². The van der Waals surface area contributed by atoms with Crippen molar-refractivity contribution in [3.63, 3.8) is 0 Å². The Balaban J connectivity index is 1.43. The molecule has 2 aromatic rings. The van der Waals surface area contributed by atoms with Crippen molar-refractivity contribution in [3.8, 4) is 0 Å². The lowest BCUT2D eigenvalue weighted by atomic mass is 9.70. The molecule has 3 N–H and O–H groups in total. The standard InChI is InChI=1S/C24H31BrN6O5/c1-2-9-26-21(33)17-18-23(35)30(10-5-6-11-32)20(24(18)12-14(25)19(17)36-24)22(34)27-13-31-16-8-4-3-7-15(16)28-29-31/h3-4,7-8,14,17-20,32H,2,5-6,9-13H2,1H3,(H,26,33)(H,27,34)/t14?,17-,18-,19-,20?,24?/m0/s1. The quantitative estimate of drug-likeness (QED) is 0.284. The molecule has 2 bridgehead atoms. The Kier molecular flexibility index (Phi) is 7.01. The van der Waals surface area contributed by atoms with Crippen LogP contribution in [0.1, 0.15) is 32.6 Å². The minimum atomic E-state index is -1.10. The van der Waals surface area contributed by atoms with Crippen LogP contribution >= 0.6 is 15.9 Å². The number of hydrogen-bond donors (Lipinski definition) is 3. The molecule has 12 heteroatoms. The monoisotopic (exact) mass is 562 g/mol. The van der Waals surface area contributed by atoms with Gasteiger partial charge >= 0.3 is 0 Å². The van der Waals surface area contributed by atoms with E-state index < -0.39 is 29.6 Å². The molecule has 5 rings (SSSR count). The van der Waals surface area contributed by atoms with Gasteiger partial charge in [0.1, 0.15) is 23.8 Å². The third-order valence-corrected chi connectivity index (χ3v) is 8.36. The van der Waals surface area contributed by atoms with E-state index in [0.717, 1.165) is 11.9 Å². The highest BCUT2D eigenvalue weighted by molar-refractivity contribution is 9.09. The summed E-state index contributed by atoms with van der Waals surface area (Å²) in [7, 11) is 0. The summed E-state index contributed by atoms with van der Waals surface area (Å²) in [6, 6.07) is 6.56. The molecular weight excluding hydrogens is 532 g/mol. The van der Waals surface area contributed by atoms with Crippen LogP contribution < -0.4 is 10.6 Å². The summed E-state index contributed by atoms with van der Waals surface area (Å²) >= 11 is 3.66. The summed E-state index contributed by atoms with van der Waals surface area (Å²) in [6.45, 7) is 2.85. The first-order valence-electron chi connectivity index (χ1n) is 12.5. The van der Waals surface area contributed by atoms with E-state index in [-0.39, 0.29) is 35.8 Å². The number of para-hydroxylation sites is 1. The number of alkyl halides is 1. The number of benzene rings is 1. The van der Waals surface area contributed by atoms with Crippen molar-refractivity contribution in [1.29, 1.82) is 0 Å². The van der Waals surface area contributed by atoms with Crippen LogP contribution in [0.3, 0.4) is 0 Å². The van der Waals surface area contributed by atoms with Crippen LogP contribution in [-0.4, -0.2) is 85.0 Å². The minimum absolute atomic E-state index is 0.00304. The number of hydrogen-bond acceptors (Lipinski definition) is 7. The summed E-state index contributed by atoms with van der Waals surface area (Å²) in [5.74, 6) is -2.20. The molecule has 4 heterocycles. The van der Waals surface area contributed by atoms with Gasteiger partial charge in [-0.15, -0.1) is 5.10 Å². The third kappa shape index (κ3) is 3.99. The highest BCUT2D eigenvalue weighted by atomic mass is 79.9. The number of aliphatic hydroxyl groups excluding tert-OH is 1. The molecule has 194 valence electrons. The van der Waals surface area contributed by atoms with Crippen LogP contribution in [0.25, 0.3) is 11.0 Å². The topological polar surface area (TPSA) is 139 Å². The molecule has 0 aliphatic carbocycles. The number of carbonyl (C=O) groups excluding carboxylic acids is 3. The van der Waals surface area contributed by atoms with Crippen molar-refractivity contribution in [1.82, 2.24) is 30.5 Å². The van der Waals surface area contributed by atoms with Gasteiger partial charge in [-0.2, -0.15) is 0 Å². The molecule has 3 aliphatic rings. The van der Waals surface area contributed by atoms with Crippen molar-refractivity contribution in [2.75, 3.05) is 19.7 Å². The van der Waals surface area contributed by atoms with Gasteiger partial charge in [-0.1, -0.05) is 40.2 Å². The number of ether oxygens (including phenoxy) is 1. The van der Waals surface area contributed by atoms with Crippen LogP contribution in [0.15, 0.2) is 24.3 Å². The van der Waals surface area contributed by atoms with Crippen molar-refractivity contribution in [2.24, 2.45) is 11.8 Å². The van der Waals surface area contributed by atoms with E-state index in [4.69, 9.17) is 4.74 Å². The Labute approximate surface area is 217 Å². The molecule has 1 spiro atoms. The number of fused-ring (bicyclic) bond motifs is 2. The zero-order valence-corrected chi connectivity index (χ0v) is 21.7. The van der Waals surface area contributed by atoms with Crippen molar-refractivity contribution in [2.45, 2.75) is 61.8 Å². The van der Waals surface area contributed by atoms with Gasteiger partial charge in [0.05, 0.1) is 23.5 Å². The largest absolute Gasteiger partial charge is 0.396 e. The maximum atomic E-state index is 13.8. The summed E-state index contributed by atoms with van der Waals surface area (Å²) < 4.78 is 8.04. The van der Waals surface area contributed by atoms with Gasteiger partial charge in [0.25, 0.3) is 0 Å². The zero-order valence-electron chi connectivity index (χ0n) is 20.1. The van der Waals surface area contributed by atoms with Gasteiger partial charge in [-0.3, -0.25) is 14.4 Å². The summed E-state index contributed by atoms with van der Waals surface area (Å²) in [5, 5.41) is 23.4. The van der Waals surface area contributed by atoms with E-state index in [1.54, 1.807) is 9.58 Å². The molecule has 36 heavy (non-hydrogen) atoms. The second-order valence-electron chi connectivity index (χ2n) is 9.69. The van der Waals surface area contributed by atoms with E-state index in [0.29, 0.717) is 37.9 Å². The third-order valence-electron chi connectivity index (χ3n) is 7.52. The van der Waals surface area contributed by atoms with Gasteiger partial charge in [0.2, 0.25) is 17.7 Å². The SMILES string of the molecule is CCCNC(=O)[C@H]1[C@H]2C(=O)N(CCCCO)C(C(=O)NCn3nnc4ccccc43)C23CC(Br)[C@@H]1O3. The number of amides is 3. The van der Waals surface area contributed by atoms with Gasteiger partial charge in [-0.05, 0) is 37.8 Å². The molecule has 3 unspecified atom stereocenters. The zero-order chi connectivity index (χ0) is 25.4. The van der Waals surface area contributed by atoms with E-state index in [1.807, 2.05) is 31.2 Å². The fourth-order valence-corrected chi connectivity index (χ4v) is 6.96. The number of aliphatic hydroxyl groups is 1. The van der Waals surface area contributed by atoms with Crippen molar-refractivity contribution >= 4 is 44.7 Å². The minimum Gasteiger partial charge on any atom is -0.396 e. The maximum Gasteiger partial charge on any atom is 0.247 e. The number of carbonyl (C=O) groups is 3. The molecule has 3 aliphatic heterocycles. The van der Waals surface area contributed by atoms with Gasteiger partial charge in [-0.25, -0.2) is 4.68 Å². The normalized spacial score (nSPS) is 30.7. The first-order valence-corrected chi connectivity index (χ1v) is 13.4. The lowest BCUT2D eigenvalue weighted by molar-refractivity contribution is -0.142. The Morgan fingerprint density at radius 2 is 2.06 bits per heavy atom. The lowest BCUT2D eigenvalue weighted by Gasteiger charge is -2.34. The second-order valence-corrected chi connectivity index (χ2v) is 10.9. The second kappa shape index (κ2) is 10.1. The molecule has 6 atom stereocenters. The van der Waals surface area contributed by atoms with Crippen molar-refractivity contribution < 1.29 is 24.2 Å². The number of unbranched alkanes of at least 4 members (excludes halogenated alkanes) is 1. The molecule has 3 fully saturated rings. The molecule has 3 amide bonds. The smallest absolute Gasteiger partial charge is 0.247 e. The van der Waals surface area contributed by atoms with E-state index >= 15 is 0 Å². The van der Waals surface area contributed by atoms with Crippen LogP contribution in [0.4, 0.5) is 0 Å². The van der Waals surface area contributed by atoms with Crippen LogP contribution in [0.2, 0.25) is 0 Å². The number of rotatable bonds is 10. The first-order chi connectivity index (χ1) is 17.4. The first kappa shape index (κ1) is 25.1. The molecule has 3 saturated heterocycles. The molecule has 1 aromatic carbocycles. The summed E-state index contributed by atoms with van der Waals surface area (Å²) in [5.41, 5.74) is 0.396. The fourth-order valence-electron chi connectivity index (χ4n) is 6.01. The number of aromatic nitrogens is 3. The average molecular weight is 563 g/mol. The molecule has 0 radical (unpaired) electrons. The molecule has 0 saturated carbocycles. The predicted octanol–water partition coefficient (Wildman–Crippen LogP) is 0.552. The molecule has 11 nitrogen and oxygen atoms in total. The maximum absolute atomic E-state index is 13.8. The van der Waals surface area contributed by atoms with Crippen molar-refractivity contribution in [3.05, 3.63) is 24.3 Å². The van der Waals surface area contributed by atoms with Crippen LogP contribution in [0.5, 0.6) is 0 Å². The van der Waals surface area contributed by atoms with Crippen LogP contribution in [-0.2, 0) is 25.8 Å². The average Bonchev–Trinajstić information content (AvgIpc) is 3.59. The van der Waals surface area contributed by atoms with Crippen LogP contribution in [0, 0.1) is 11.8 Å². The Bertz CT molecular complexity index is 1160. The summed E-state index contributed by atoms with van der Waals surface area (Å²) in [6.07, 6.45) is 1.79. The van der Waals surface area contributed by atoms with E-state index in [9.17, 15) is 19.5 Å². The lowest BCUT2D eigenvalue weighted by Crippen LogP contribution is -2.56. The molecular formula is C24H31BrN6O5. The van der Waals surface area contributed by atoms with E-state index in [2.05, 4.69) is 36.9 Å². The Morgan fingerprint density at radius 1 is 1.25 bits per heavy atom. The van der Waals surface area contributed by atoms with E-state index in [1.165, 1.54) is 0 Å². The summed E-state index contributed by atoms with van der Waals surface area (Å²) in [4.78, 5) is 42.0. The number of nitrogens with one attached hydrogen (secondary N) is 2. The number of likely N-dealkylation sites (tertiary alicyclic amines) is 1. The number of nitrogens with zero attached hydrogens (tertiary/aromatic N) is 4. The Hall–Kier alpha value is -2.57. The van der Waals surface area contributed by atoms with Gasteiger partial charge in [0.15, 0.2) is 0 Å². The van der Waals surface area contributed by atoms with Gasteiger partial charge in [0, 0.05) is 24.5 Å². The number of halogens is 1. The highest BCUT2D eigenvalue weighted by Crippen LogP contribution is 2.59. The highest BCUT2D eigenvalue weighted by Gasteiger charge is 2.76.